The van der Waals surface area contributed by atoms with Crippen molar-refractivity contribution in [2.24, 2.45) is 11.8 Å². The lowest BCUT2D eigenvalue weighted by Crippen LogP contribution is -2.39. The third kappa shape index (κ3) is 2.44. The van der Waals surface area contributed by atoms with Crippen LogP contribution in [0.4, 0.5) is 0 Å². The van der Waals surface area contributed by atoms with Crippen LogP contribution in [0.1, 0.15) is 25.8 Å². The van der Waals surface area contributed by atoms with Gasteiger partial charge in [-0.05, 0) is 11.5 Å². The first kappa shape index (κ1) is 14.3. The summed E-state index contributed by atoms with van der Waals surface area (Å²) in [5.41, 5.74) is 0.973. The molecule has 0 aromatic heterocycles. The van der Waals surface area contributed by atoms with Crippen LogP contribution in [0.15, 0.2) is 30.3 Å². The van der Waals surface area contributed by atoms with E-state index in [2.05, 4.69) is 0 Å². The Bertz CT molecular complexity index is 547. The number of benzene rings is 1. The van der Waals surface area contributed by atoms with Gasteiger partial charge in [-0.2, -0.15) is 5.26 Å². The third-order valence-electron chi connectivity index (χ3n) is 3.95. The van der Waals surface area contributed by atoms with E-state index in [0.717, 1.165) is 12.0 Å². The fourth-order valence-corrected chi connectivity index (χ4v) is 2.64. The van der Waals surface area contributed by atoms with Crippen LogP contribution in [0.2, 0.25) is 0 Å². The zero-order valence-corrected chi connectivity index (χ0v) is 11.7. The molecule has 104 valence electrons. The molecule has 4 heteroatoms. The summed E-state index contributed by atoms with van der Waals surface area (Å²) in [6.07, 6.45) is 0.799. The number of hydrogen-bond donors (Lipinski definition) is 0. The summed E-state index contributed by atoms with van der Waals surface area (Å²) >= 11 is 0. The molecule has 1 saturated heterocycles. The molecule has 1 aliphatic heterocycles. The minimum absolute atomic E-state index is 0.0634. The lowest BCUT2D eigenvalue weighted by atomic mass is 9.93. The number of amides is 1. The second-order valence-electron chi connectivity index (χ2n) is 5.25. The second kappa shape index (κ2) is 5.87. The number of likely N-dealkylation sites (tertiary alicyclic amines) is 1. The molecule has 0 spiro atoms. The smallest absolute Gasteiger partial charge is 0.248 e. The SMILES string of the molecule is CCC(C)[C@H]1C(=O)C(C#N)C(=O)N1Cc1ccccc1. The standard InChI is InChI=1S/C16H18N2O2/c1-3-11(2)14-15(19)13(9-17)16(20)18(14)10-12-7-5-4-6-8-12/h4-8,11,13-14H,3,10H2,1-2H3/t11?,13?,14-/m0/s1. The van der Waals surface area contributed by atoms with Gasteiger partial charge >= 0.3 is 0 Å². The van der Waals surface area contributed by atoms with Crippen molar-refractivity contribution in [1.82, 2.24) is 4.90 Å². The van der Waals surface area contributed by atoms with Crippen LogP contribution in [-0.4, -0.2) is 22.6 Å². The topological polar surface area (TPSA) is 61.2 Å². The van der Waals surface area contributed by atoms with Crippen LogP contribution < -0.4 is 0 Å². The monoisotopic (exact) mass is 270 g/mol. The number of Topliss-reactive ketones (excluding diaryl/α,β-unsaturated/α-hetero) is 1. The van der Waals surface area contributed by atoms with Crippen molar-refractivity contribution in [1.29, 1.82) is 5.26 Å². The first-order chi connectivity index (χ1) is 9.60. The van der Waals surface area contributed by atoms with E-state index in [9.17, 15) is 9.59 Å². The molecule has 1 aliphatic rings. The van der Waals surface area contributed by atoms with Crippen molar-refractivity contribution in [2.45, 2.75) is 32.9 Å². The van der Waals surface area contributed by atoms with Crippen molar-refractivity contribution in [3.8, 4) is 6.07 Å². The Morgan fingerprint density at radius 3 is 2.50 bits per heavy atom. The number of nitrogens with zero attached hydrogens (tertiary/aromatic N) is 2. The molecular formula is C16H18N2O2. The molecule has 1 amide bonds. The molecule has 1 heterocycles. The Balaban J connectivity index is 2.30. The maximum absolute atomic E-state index is 12.3. The van der Waals surface area contributed by atoms with Crippen LogP contribution in [0.25, 0.3) is 0 Å². The van der Waals surface area contributed by atoms with E-state index in [4.69, 9.17) is 5.26 Å². The summed E-state index contributed by atoms with van der Waals surface area (Å²) in [6.45, 7) is 4.33. The summed E-state index contributed by atoms with van der Waals surface area (Å²) in [4.78, 5) is 26.1. The number of nitriles is 1. The Morgan fingerprint density at radius 2 is 1.95 bits per heavy atom. The van der Waals surface area contributed by atoms with Crippen molar-refractivity contribution >= 4 is 11.7 Å². The van der Waals surface area contributed by atoms with E-state index in [0.29, 0.717) is 6.54 Å². The Morgan fingerprint density at radius 1 is 1.30 bits per heavy atom. The molecule has 2 rings (SSSR count). The lowest BCUT2D eigenvalue weighted by Gasteiger charge is -2.27. The lowest BCUT2D eigenvalue weighted by molar-refractivity contribution is -0.131. The summed E-state index contributed by atoms with van der Waals surface area (Å²) in [5, 5.41) is 9.04. The van der Waals surface area contributed by atoms with Crippen LogP contribution >= 0.6 is 0 Å². The molecule has 0 radical (unpaired) electrons. The quantitative estimate of drug-likeness (QED) is 0.788. The van der Waals surface area contributed by atoms with Crippen LogP contribution in [-0.2, 0) is 16.1 Å². The van der Waals surface area contributed by atoms with Crippen LogP contribution in [0, 0.1) is 23.2 Å². The molecule has 0 N–H and O–H groups in total. The van der Waals surface area contributed by atoms with Gasteiger partial charge in [0, 0.05) is 6.54 Å². The highest BCUT2D eigenvalue weighted by molar-refractivity contribution is 6.12. The summed E-state index contributed by atoms with van der Waals surface area (Å²) in [6, 6.07) is 10.9. The Hall–Kier alpha value is -2.15. The number of carbonyl (C=O) groups is 2. The fourth-order valence-electron chi connectivity index (χ4n) is 2.64. The van der Waals surface area contributed by atoms with Crippen molar-refractivity contribution in [2.75, 3.05) is 0 Å². The zero-order valence-electron chi connectivity index (χ0n) is 11.7. The van der Waals surface area contributed by atoms with Gasteiger partial charge < -0.3 is 4.90 Å². The van der Waals surface area contributed by atoms with Gasteiger partial charge in [-0.3, -0.25) is 9.59 Å². The molecular weight excluding hydrogens is 252 g/mol. The van der Waals surface area contributed by atoms with E-state index < -0.39 is 12.0 Å². The number of ketones is 1. The molecule has 0 aliphatic carbocycles. The molecule has 4 nitrogen and oxygen atoms in total. The Kier molecular flexibility index (Phi) is 4.19. The summed E-state index contributed by atoms with van der Waals surface area (Å²) in [7, 11) is 0. The third-order valence-corrected chi connectivity index (χ3v) is 3.95. The van der Waals surface area contributed by atoms with Gasteiger partial charge in [0.05, 0.1) is 12.1 Å². The zero-order chi connectivity index (χ0) is 14.7. The van der Waals surface area contributed by atoms with Gasteiger partial charge in [0.2, 0.25) is 5.91 Å². The first-order valence-electron chi connectivity index (χ1n) is 6.87. The van der Waals surface area contributed by atoms with Crippen LogP contribution in [0.5, 0.6) is 0 Å². The van der Waals surface area contributed by atoms with Crippen molar-refractivity contribution in [3.63, 3.8) is 0 Å². The van der Waals surface area contributed by atoms with Gasteiger partial charge in [0.1, 0.15) is 0 Å². The fraction of sp³-hybridized carbons (Fsp3) is 0.438. The predicted molar refractivity (Wildman–Crippen MR) is 74.3 cm³/mol. The first-order valence-corrected chi connectivity index (χ1v) is 6.87. The average molecular weight is 270 g/mol. The number of rotatable bonds is 4. The Labute approximate surface area is 119 Å². The van der Waals surface area contributed by atoms with Gasteiger partial charge in [-0.25, -0.2) is 0 Å². The van der Waals surface area contributed by atoms with Gasteiger partial charge in [0.25, 0.3) is 0 Å². The predicted octanol–water partition coefficient (Wildman–Crippen LogP) is 2.15. The molecule has 1 aromatic rings. The average Bonchev–Trinajstić information content (AvgIpc) is 2.70. The molecule has 3 atom stereocenters. The normalized spacial score (nSPS) is 23.8. The summed E-state index contributed by atoms with van der Waals surface area (Å²) in [5.74, 6) is -1.67. The van der Waals surface area contributed by atoms with Crippen LogP contribution in [0.3, 0.4) is 0 Å². The minimum Gasteiger partial charge on any atom is -0.326 e. The molecule has 2 unspecified atom stereocenters. The number of carbonyl (C=O) groups excluding carboxylic acids is 2. The maximum Gasteiger partial charge on any atom is 0.248 e. The van der Waals surface area contributed by atoms with Gasteiger partial charge in [-0.1, -0.05) is 50.6 Å². The second-order valence-corrected chi connectivity index (χ2v) is 5.25. The highest BCUT2D eigenvalue weighted by Crippen LogP contribution is 2.29. The molecule has 1 aromatic carbocycles. The van der Waals surface area contributed by atoms with Crippen molar-refractivity contribution in [3.05, 3.63) is 35.9 Å². The molecule has 0 saturated carbocycles. The van der Waals surface area contributed by atoms with Gasteiger partial charge in [-0.15, -0.1) is 0 Å². The van der Waals surface area contributed by atoms with E-state index in [-0.39, 0.29) is 17.6 Å². The molecule has 0 bridgehead atoms. The highest BCUT2D eigenvalue weighted by Gasteiger charge is 2.48. The van der Waals surface area contributed by atoms with E-state index in [1.807, 2.05) is 50.2 Å². The van der Waals surface area contributed by atoms with E-state index in [1.165, 1.54) is 0 Å². The maximum atomic E-state index is 12.3. The van der Waals surface area contributed by atoms with Crippen molar-refractivity contribution < 1.29 is 9.59 Å². The van der Waals surface area contributed by atoms with Gasteiger partial charge in [0.15, 0.2) is 11.7 Å². The van der Waals surface area contributed by atoms with E-state index >= 15 is 0 Å². The van der Waals surface area contributed by atoms with E-state index in [1.54, 1.807) is 4.90 Å². The molecule has 20 heavy (non-hydrogen) atoms. The number of hydrogen-bond acceptors (Lipinski definition) is 3. The minimum atomic E-state index is -1.13. The highest BCUT2D eigenvalue weighted by atomic mass is 16.2. The summed E-state index contributed by atoms with van der Waals surface area (Å²) < 4.78 is 0. The largest absolute Gasteiger partial charge is 0.326 e. The molecule has 1 fully saturated rings.